The molecule has 0 aromatic carbocycles. The van der Waals surface area contributed by atoms with Gasteiger partial charge in [0.15, 0.2) is 0 Å². The van der Waals surface area contributed by atoms with E-state index in [9.17, 15) is 0 Å². The molecule has 4 heteroatoms. The number of rotatable bonds is 2. The van der Waals surface area contributed by atoms with Gasteiger partial charge in [-0.3, -0.25) is 0 Å². The van der Waals surface area contributed by atoms with Crippen LogP contribution in [-0.2, 0) is 0 Å². The first-order valence-electron chi connectivity index (χ1n) is 5.77. The number of fused-ring (bicyclic) bond motifs is 1. The average molecular weight is 385 g/mol. The van der Waals surface area contributed by atoms with Crippen LogP contribution in [0.15, 0.2) is 14.3 Å². The van der Waals surface area contributed by atoms with Gasteiger partial charge in [-0.15, -0.1) is 22.9 Å². The van der Waals surface area contributed by atoms with Crippen molar-refractivity contribution in [2.75, 3.05) is 0 Å². The van der Waals surface area contributed by atoms with Crippen molar-refractivity contribution < 1.29 is 0 Å². The first kappa shape index (κ1) is 12.0. The van der Waals surface area contributed by atoms with E-state index in [4.69, 9.17) is 11.6 Å². The van der Waals surface area contributed by atoms with E-state index in [-0.39, 0.29) is 5.38 Å². The zero-order chi connectivity index (χ0) is 11.3. The molecule has 2 aliphatic rings. The molecule has 0 radical (unpaired) electrons. The summed E-state index contributed by atoms with van der Waals surface area (Å²) in [7, 11) is 0. The maximum absolute atomic E-state index is 6.63. The molecule has 88 valence electrons. The largest absolute Gasteiger partial charge is 0.130 e. The third-order valence-electron chi connectivity index (χ3n) is 4.00. The fourth-order valence-electron chi connectivity index (χ4n) is 3.17. The zero-order valence-corrected chi connectivity index (χ0v) is 13.5. The van der Waals surface area contributed by atoms with Crippen molar-refractivity contribution in [2.24, 2.45) is 17.8 Å². The van der Waals surface area contributed by atoms with Gasteiger partial charge < -0.3 is 0 Å². The third-order valence-corrected chi connectivity index (χ3v) is 7.99. The quantitative estimate of drug-likeness (QED) is 0.550. The number of alkyl halides is 1. The summed E-state index contributed by atoms with van der Waals surface area (Å²) in [6.45, 7) is 0. The minimum Gasteiger partial charge on any atom is -0.130 e. The molecule has 3 rings (SSSR count). The molecule has 1 aromatic heterocycles. The minimum absolute atomic E-state index is 0.237. The Bertz CT molecular complexity index is 372. The molecule has 16 heavy (non-hydrogen) atoms. The van der Waals surface area contributed by atoms with Crippen LogP contribution in [0.3, 0.4) is 0 Å². The predicted octanol–water partition coefficient (Wildman–Crippen LogP) is 5.99. The standard InChI is InChI=1S/C12H13Br2ClS/c13-8-5-9(16-12(8)14)11(15)10-6-3-1-2-4-7(6)10/h5-7,10-11H,1-4H2. The Labute approximate surface area is 122 Å². The minimum atomic E-state index is 0.237. The summed E-state index contributed by atoms with van der Waals surface area (Å²) in [6.07, 6.45) is 5.65. The summed E-state index contributed by atoms with van der Waals surface area (Å²) in [4.78, 5) is 1.32. The fraction of sp³-hybridized carbons (Fsp3) is 0.667. The maximum atomic E-state index is 6.63. The fourth-order valence-corrected chi connectivity index (χ4v) is 5.87. The van der Waals surface area contributed by atoms with E-state index in [0.29, 0.717) is 0 Å². The highest BCUT2D eigenvalue weighted by Crippen LogP contribution is 2.63. The molecule has 3 unspecified atom stereocenters. The van der Waals surface area contributed by atoms with Crippen LogP contribution < -0.4 is 0 Å². The SMILES string of the molecule is ClC(c1cc(Br)c(Br)s1)C1C2CCCCC21. The number of thiophene rings is 1. The zero-order valence-electron chi connectivity index (χ0n) is 8.76. The average Bonchev–Trinajstić information content (AvgIpc) is 2.91. The van der Waals surface area contributed by atoms with Gasteiger partial charge in [0, 0.05) is 9.35 Å². The van der Waals surface area contributed by atoms with Crippen LogP contribution in [0.2, 0.25) is 0 Å². The van der Waals surface area contributed by atoms with Crippen molar-refractivity contribution in [3.63, 3.8) is 0 Å². The van der Waals surface area contributed by atoms with E-state index in [1.807, 2.05) is 0 Å². The molecule has 3 atom stereocenters. The normalized spacial score (nSPS) is 34.6. The molecule has 0 saturated heterocycles. The molecular weight excluding hydrogens is 371 g/mol. The van der Waals surface area contributed by atoms with Gasteiger partial charge in [0.1, 0.15) is 0 Å². The van der Waals surface area contributed by atoms with Crippen molar-refractivity contribution in [2.45, 2.75) is 31.1 Å². The lowest BCUT2D eigenvalue weighted by Crippen LogP contribution is -1.92. The van der Waals surface area contributed by atoms with Gasteiger partial charge in [0.05, 0.1) is 9.16 Å². The molecule has 2 saturated carbocycles. The molecule has 2 aliphatic carbocycles. The molecule has 1 aromatic rings. The van der Waals surface area contributed by atoms with E-state index < -0.39 is 0 Å². The maximum Gasteiger partial charge on any atom is 0.0843 e. The van der Waals surface area contributed by atoms with Crippen molar-refractivity contribution in [1.29, 1.82) is 0 Å². The lowest BCUT2D eigenvalue weighted by molar-refractivity contribution is 0.480. The molecule has 1 heterocycles. The molecular formula is C12H13Br2ClS. The summed E-state index contributed by atoms with van der Waals surface area (Å²) in [5.74, 6) is 2.61. The van der Waals surface area contributed by atoms with Crippen LogP contribution in [0.25, 0.3) is 0 Å². The molecule has 0 aliphatic heterocycles. The molecule has 0 N–H and O–H groups in total. The highest BCUT2D eigenvalue weighted by atomic mass is 79.9. The summed E-state index contributed by atoms with van der Waals surface area (Å²) >= 11 is 15.5. The Kier molecular flexibility index (Phi) is 3.42. The van der Waals surface area contributed by atoms with Gasteiger partial charge in [-0.1, -0.05) is 12.8 Å². The third kappa shape index (κ3) is 2.02. The number of hydrogen-bond donors (Lipinski definition) is 0. The molecule has 0 bridgehead atoms. The Balaban J connectivity index is 1.76. The Hall–Kier alpha value is 0.950. The number of hydrogen-bond acceptors (Lipinski definition) is 1. The summed E-state index contributed by atoms with van der Waals surface area (Å²) in [5, 5.41) is 0.237. The summed E-state index contributed by atoms with van der Waals surface area (Å²) in [6, 6.07) is 2.18. The first-order chi connectivity index (χ1) is 7.68. The molecule has 2 fully saturated rings. The molecule has 0 spiro atoms. The predicted molar refractivity (Wildman–Crippen MR) is 77.3 cm³/mol. The van der Waals surface area contributed by atoms with Crippen molar-refractivity contribution >= 4 is 54.8 Å². The van der Waals surface area contributed by atoms with Gasteiger partial charge >= 0.3 is 0 Å². The second-order valence-electron chi connectivity index (χ2n) is 4.86. The van der Waals surface area contributed by atoms with Gasteiger partial charge in [-0.05, 0) is 68.5 Å². The lowest BCUT2D eigenvalue weighted by Gasteiger charge is -2.05. The topological polar surface area (TPSA) is 0 Å². The van der Waals surface area contributed by atoms with Crippen LogP contribution >= 0.6 is 54.8 Å². The van der Waals surface area contributed by atoms with E-state index in [1.54, 1.807) is 11.3 Å². The van der Waals surface area contributed by atoms with Crippen molar-refractivity contribution in [1.82, 2.24) is 0 Å². The van der Waals surface area contributed by atoms with Gasteiger partial charge in [-0.2, -0.15) is 0 Å². The second-order valence-corrected chi connectivity index (χ2v) is 8.59. The van der Waals surface area contributed by atoms with Crippen molar-refractivity contribution in [3.8, 4) is 0 Å². The lowest BCUT2D eigenvalue weighted by atomic mass is 10.0. The first-order valence-corrected chi connectivity index (χ1v) is 8.61. The van der Waals surface area contributed by atoms with Gasteiger partial charge in [-0.25, -0.2) is 0 Å². The van der Waals surface area contributed by atoms with E-state index >= 15 is 0 Å². The van der Waals surface area contributed by atoms with Gasteiger partial charge in [0.2, 0.25) is 0 Å². The van der Waals surface area contributed by atoms with Gasteiger partial charge in [0.25, 0.3) is 0 Å². The second kappa shape index (κ2) is 4.56. The molecule has 0 nitrogen and oxygen atoms in total. The van der Waals surface area contributed by atoms with Crippen LogP contribution in [0.1, 0.15) is 35.9 Å². The number of halogens is 3. The van der Waals surface area contributed by atoms with E-state index in [2.05, 4.69) is 37.9 Å². The van der Waals surface area contributed by atoms with E-state index in [1.165, 1.54) is 30.6 Å². The monoisotopic (exact) mass is 382 g/mol. The Morgan fingerprint density at radius 3 is 2.38 bits per heavy atom. The molecule has 0 amide bonds. The smallest absolute Gasteiger partial charge is 0.0843 e. The van der Waals surface area contributed by atoms with Crippen molar-refractivity contribution in [3.05, 3.63) is 19.2 Å². The highest BCUT2D eigenvalue weighted by Gasteiger charge is 2.54. The summed E-state index contributed by atoms with van der Waals surface area (Å²) in [5.41, 5.74) is 0. The van der Waals surface area contributed by atoms with Crippen LogP contribution in [0.5, 0.6) is 0 Å². The Morgan fingerprint density at radius 1 is 1.25 bits per heavy atom. The van der Waals surface area contributed by atoms with Crippen LogP contribution in [-0.4, -0.2) is 0 Å². The van der Waals surface area contributed by atoms with Crippen LogP contribution in [0.4, 0.5) is 0 Å². The Morgan fingerprint density at radius 2 is 1.88 bits per heavy atom. The summed E-state index contributed by atoms with van der Waals surface area (Å²) < 4.78 is 2.30. The highest BCUT2D eigenvalue weighted by molar-refractivity contribution is 9.13. The van der Waals surface area contributed by atoms with E-state index in [0.717, 1.165) is 26.0 Å². The van der Waals surface area contributed by atoms with Crippen LogP contribution in [0, 0.1) is 17.8 Å².